The molecule has 2 aromatic rings. The topological polar surface area (TPSA) is 87.7 Å². The Balaban J connectivity index is 1.58. The van der Waals surface area contributed by atoms with Crippen molar-refractivity contribution in [2.24, 2.45) is 5.41 Å². The average molecular weight is 562 g/mol. The monoisotopic (exact) mass is 561 g/mol. The smallest absolute Gasteiger partial charge is 0.341 e. The van der Waals surface area contributed by atoms with E-state index in [0.29, 0.717) is 28.1 Å². The van der Waals surface area contributed by atoms with Gasteiger partial charge in [-0.2, -0.15) is 0 Å². The number of ether oxygens (including phenoxy) is 1. The Morgan fingerprint density at radius 1 is 1.12 bits per heavy atom. The predicted molar refractivity (Wildman–Crippen MR) is 160 cm³/mol. The molecule has 1 aromatic heterocycles. The minimum absolute atomic E-state index is 0.0667. The normalized spacial score (nSPS) is 19.9. The van der Waals surface area contributed by atoms with E-state index in [0.717, 1.165) is 65.2 Å². The summed E-state index contributed by atoms with van der Waals surface area (Å²) in [5.74, 6) is -1.14. The third-order valence-corrected chi connectivity index (χ3v) is 9.31. The van der Waals surface area contributed by atoms with E-state index in [9.17, 15) is 14.4 Å². The first-order chi connectivity index (χ1) is 19.0. The number of thiophene rings is 1. The number of Topliss-reactive ketones (excluding diaryl/α,β-unsaturated/α-hetero) is 1. The Hall–Kier alpha value is -3.39. The van der Waals surface area contributed by atoms with Crippen molar-refractivity contribution in [1.82, 2.24) is 5.32 Å². The number of carbonyl (C=O) groups is 3. The van der Waals surface area contributed by atoms with E-state index in [-0.39, 0.29) is 23.7 Å². The molecule has 1 aliphatic heterocycles. The van der Waals surface area contributed by atoms with E-state index in [1.165, 1.54) is 11.3 Å². The highest BCUT2D eigenvalue weighted by Crippen LogP contribution is 2.47. The van der Waals surface area contributed by atoms with Gasteiger partial charge in [0.15, 0.2) is 5.78 Å². The molecule has 1 aromatic carbocycles. The number of rotatable bonds is 6. The van der Waals surface area contributed by atoms with Gasteiger partial charge in [-0.1, -0.05) is 26.0 Å². The average Bonchev–Trinajstić information content (AvgIpc) is 3.25. The molecule has 0 fully saturated rings. The Morgan fingerprint density at radius 2 is 1.82 bits per heavy atom. The number of anilines is 2. The van der Waals surface area contributed by atoms with Gasteiger partial charge in [-0.25, -0.2) is 4.79 Å². The Morgan fingerprint density at radius 3 is 2.50 bits per heavy atom. The van der Waals surface area contributed by atoms with Gasteiger partial charge in [0.2, 0.25) is 0 Å². The van der Waals surface area contributed by atoms with Crippen LogP contribution in [0, 0.1) is 5.41 Å². The predicted octanol–water partition coefficient (Wildman–Crippen LogP) is 6.11. The maximum Gasteiger partial charge on any atom is 0.341 e. The van der Waals surface area contributed by atoms with E-state index in [1.54, 1.807) is 6.92 Å². The number of allylic oxidation sites excluding steroid dienone is 3. The van der Waals surface area contributed by atoms with Gasteiger partial charge in [-0.3, -0.25) is 9.59 Å². The van der Waals surface area contributed by atoms with Crippen molar-refractivity contribution < 1.29 is 19.1 Å². The Kier molecular flexibility index (Phi) is 7.66. The van der Waals surface area contributed by atoms with E-state index in [4.69, 9.17) is 4.74 Å². The minimum Gasteiger partial charge on any atom is -0.462 e. The van der Waals surface area contributed by atoms with Crippen LogP contribution in [-0.2, 0) is 27.2 Å². The fourth-order valence-corrected chi connectivity index (χ4v) is 7.55. The molecule has 2 heterocycles. The maximum absolute atomic E-state index is 14.2. The van der Waals surface area contributed by atoms with Crippen LogP contribution >= 0.6 is 11.3 Å². The summed E-state index contributed by atoms with van der Waals surface area (Å²) >= 11 is 1.47. The number of hydrogen-bond donors (Lipinski definition) is 2. The molecule has 5 rings (SSSR count). The summed E-state index contributed by atoms with van der Waals surface area (Å²) in [5, 5.41) is 7.08. The summed E-state index contributed by atoms with van der Waals surface area (Å²) in [6.45, 7) is 8.17. The van der Waals surface area contributed by atoms with Crippen LogP contribution in [0.2, 0.25) is 0 Å². The van der Waals surface area contributed by atoms with Crippen LogP contribution in [0.25, 0.3) is 0 Å². The molecule has 1 atom stereocenters. The van der Waals surface area contributed by atoms with Crippen molar-refractivity contribution in [3.8, 4) is 0 Å². The lowest BCUT2D eigenvalue weighted by Gasteiger charge is -2.39. The third kappa shape index (κ3) is 5.21. The molecule has 2 N–H and O–H groups in total. The highest BCUT2D eigenvalue weighted by Gasteiger charge is 2.43. The molecule has 8 heteroatoms. The molecular weight excluding hydrogens is 522 g/mol. The van der Waals surface area contributed by atoms with Gasteiger partial charge < -0.3 is 20.3 Å². The van der Waals surface area contributed by atoms with Gasteiger partial charge >= 0.3 is 5.97 Å². The molecule has 0 bridgehead atoms. The highest BCUT2D eigenvalue weighted by atomic mass is 32.1. The van der Waals surface area contributed by atoms with E-state index >= 15 is 0 Å². The van der Waals surface area contributed by atoms with Gasteiger partial charge in [0.1, 0.15) is 5.00 Å². The second-order valence-electron chi connectivity index (χ2n) is 12.0. The molecule has 0 radical (unpaired) electrons. The van der Waals surface area contributed by atoms with Crippen LogP contribution in [0.1, 0.15) is 85.7 Å². The second kappa shape index (κ2) is 10.9. The third-order valence-electron chi connectivity index (χ3n) is 8.11. The summed E-state index contributed by atoms with van der Waals surface area (Å²) in [6.07, 6.45) is 4.94. The molecule has 40 heavy (non-hydrogen) atoms. The SMILES string of the molecule is CCOC(=O)c1c(NC(=O)C2=C(C)NC3=C(C(=O)CC(C)(C)C3)C2c2ccc(N(C)C)cc2)sc2c1CCCC2. The lowest BCUT2D eigenvalue weighted by molar-refractivity contribution is -0.118. The molecule has 7 nitrogen and oxygen atoms in total. The summed E-state index contributed by atoms with van der Waals surface area (Å²) in [7, 11) is 3.97. The number of ketones is 1. The lowest BCUT2D eigenvalue weighted by Crippen LogP contribution is -2.39. The quantitative estimate of drug-likeness (QED) is 0.414. The fraction of sp³-hybridized carbons (Fsp3) is 0.469. The Labute approximate surface area is 240 Å². The van der Waals surface area contributed by atoms with E-state index in [1.807, 2.05) is 50.2 Å². The standard InChI is InChI=1S/C32H39N3O4S/c1-7-39-31(38)27-21-10-8-9-11-24(21)40-30(27)34-29(37)25-18(2)33-22-16-32(3,4)17-23(36)28(22)26(25)19-12-14-20(15-13-19)35(5)6/h12-15,26,33H,7-11,16-17H2,1-6H3,(H,34,37). The number of dihydropyridines is 1. The number of nitrogens with one attached hydrogen (secondary N) is 2. The molecule has 2 aliphatic carbocycles. The number of hydrogen-bond acceptors (Lipinski definition) is 7. The van der Waals surface area contributed by atoms with Crippen molar-refractivity contribution >= 4 is 39.7 Å². The molecule has 3 aliphatic rings. The van der Waals surface area contributed by atoms with Crippen LogP contribution in [0.5, 0.6) is 0 Å². The first-order valence-corrected chi connectivity index (χ1v) is 15.0. The number of aryl methyl sites for hydroxylation is 1. The molecular formula is C32H39N3O4S. The molecule has 0 spiro atoms. The Bertz CT molecular complexity index is 1430. The fourth-order valence-electron chi connectivity index (χ4n) is 6.28. The molecule has 1 unspecified atom stereocenters. The second-order valence-corrected chi connectivity index (χ2v) is 13.1. The van der Waals surface area contributed by atoms with E-state index in [2.05, 4.69) is 24.5 Å². The zero-order valence-electron chi connectivity index (χ0n) is 24.3. The van der Waals surface area contributed by atoms with Crippen LogP contribution in [0.3, 0.4) is 0 Å². The van der Waals surface area contributed by atoms with Crippen molar-refractivity contribution in [1.29, 1.82) is 0 Å². The zero-order chi connectivity index (χ0) is 28.8. The first kappa shape index (κ1) is 28.1. The number of esters is 1. The van der Waals surface area contributed by atoms with Crippen LogP contribution < -0.4 is 15.5 Å². The molecule has 0 saturated carbocycles. The van der Waals surface area contributed by atoms with Gasteiger partial charge in [-0.15, -0.1) is 11.3 Å². The molecule has 1 amide bonds. The van der Waals surface area contributed by atoms with E-state index < -0.39 is 11.9 Å². The minimum atomic E-state index is -0.503. The van der Waals surface area contributed by atoms with Gasteiger partial charge in [0.05, 0.1) is 12.2 Å². The van der Waals surface area contributed by atoms with Crippen molar-refractivity contribution in [3.63, 3.8) is 0 Å². The number of nitrogens with zero attached hydrogens (tertiary/aromatic N) is 1. The molecule has 212 valence electrons. The van der Waals surface area contributed by atoms with Gasteiger partial charge in [0, 0.05) is 59.5 Å². The largest absolute Gasteiger partial charge is 0.462 e. The summed E-state index contributed by atoms with van der Waals surface area (Å²) < 4.78 is 5.40. The van der Waals surface area contributed by atoms with Crippen LogP contribution in [0.15, 0.2) is 46.8 Å². The van der Waals surface area contributed by atoms with Gasteiger partial charge in [0.25, 0.3) is 5.91 Å². The number of carbonyl (C=O) groups excluding carboxylic acids is 3. The number of benzene rings is 1. The first-order valence-electron chi connectivity index (χ1n) is 14.1. The number of amides is 1. The highest BCUT2D eigenvalue weighted by molar-refractivity contribution is 7.17. The maximum atomic E-state index is 14.2. The number of fused-ring (bicyclic) bond motifs is 1. The van der Waals surface area contributed by atoms with Crippen molar-refractivity contribution in [2.45, 2.75) is 72.1 Å². The lowest BCUT2D eigenvalue weighted by atomic mass is 9.68. The van der Waals surface area contributed by atoms with Crippen molar-refractivity contribution in [2.75, 3.05) is 30.9 Å². The molecule has 0 saturated heterocycles. The van der Waals surface area contributed by atoms with Crippen LogP contribution in [-0.4, -0.2) is 38.4 Å². The van der Waals surface area contributed by atoms with Crippen molar-refractivity contribution in [3.05, 3.63) is 68.4 Å². The van der Waals surface area contributed by atoms with Crippen LogP contribution in [0.4, 0.5) is 10.7 Å². The zero-order valence-corrected chi connectivity index (χ0v) is 25.1. The summed E-state index contributed by atoms with van der Waals surface area (Å²) in [4.78, 5) is 44.1. The van der Waals surface area contributed by atoms with Gasteiger partial charge in [-0.05, 0) is 74.6 Å². The summed E-state index contributed by atoms with van der Waals surface area (Å²) in [5.41, 5.74) is 6.06. The summed E-state index contributed by atoms with van der Waals surface area (Å²) in [6, 6.07) is 8.06.